The standard InChI is InChI=1S/C30H34BrClN4O2/c1-4-12-36(26(30(38)33-3)13-19(2)27(37)14-20-6-5-11-34-17-20)29-25-10-9-24(32)16-21(25)7-8-22-15-23(31)18-35-28(22)29/h5-6,9-11,15-19,26,29H,4,7-8,12-14H2,1-3H3,(H,33,38)/t19-,26?,29?/m1/s1. The van der Waals surface area contributed by atoms with E-state index >= 15 is 0 Å². The number of hydrogen-bond donors (Lipinski definition) is 1. The number of carbonyl (C=O) groups is 2. The summed E-state index contributed by atoms with van der Waals surface area (Å²) in [5, 5.41) is 3.56. The van der Waals surface area contributed by atoms with E-state index in [1.807, 2.05) is 37.4 Å². The lowest BCUT2D eigenvalue weighted by molar-refractivity contribution is -0.128. The monoisotopic (exact) mass is 596 g/mol. The first-order valence-electron chi connectivity index (χ1n) is 13.1. The highest BCUT2D eigenvalue weighted by Gasteiger charge is 2.38. The van der Waals surface area contributed by atoms with Crippen molar-refractivity contribution in [3.05, 3.63) is 92.4 Å². The molecule has 3 aromatic rings. The predicted octanol–water partition coefficient (Wildman–Crippen LogP) is 5.75. The van der Waals surface area contributed by atoms with Gasteiger partial charge in [0.25, 0.3) is 0 Å². The zero-order valence-electron chi connectivity index (χ0n) is 22.1. The van der Waals surface area contributed by atoms with Gasteiger partial charge in [-0.25, -0.2) is 0 Å². The Balaban J connectivity index is 1.75. The number of amides is 1. The largest absolute Gasteiger partial charge is 0.358 e. The summed E-state index contributed by atoms with van der Waals surface area (Å²) in [4.78, 5) is 38.0. The van der Waals surface area contributed by atoms with E-state index < -0.39 is 6.04 Å². The number of aromatic nitrogens is 2. The molecular weight excluding hydrogens is 564 g/mol. The topological polar surface area (TPSA) is 75.2 Å². The molecule has 1 aliphatic carbocycles. The van der Waals surface area contributed by atoms with Crippen LogP contribution in [0.15, 0.2) is 59.5 Å². The highest BCUT2D eigenvalue weighted by atomic mass is 79.9. The number of hydrogen-bond acceptors (Lipinski definition) is 5. The summed E-state index contributed by atoms with van der Waals surface area (Å²) in [5.41, 5.74) is 5.25. The van der Waals surface area contributed by atoms with Crippen molar-refractivity contribution in [2.75, 3.05) is 13.6 Å². The van der Waals surface area contributed by atoms with E-state index in [1.165, 1.54) is 0 Å². The van der Waals surface area contributed by atoms with Gasteiger partial charge < -0.3 is 5.32 Å². The Labute approximate surface area is 238 Å². The number of fused-ring (bicyclic) bond motifs is 2. The Hall–Kier alpha value is -2.61. The molecule has 0 saturated heterocycles. The van der Waals surface area contributed by atoms with Crippen molar-refractivity contribution in [3.63, 3.8) is 0 Å². The van der Waals surface area contributed by atoms with Gasteiger partial charge >= 0.3 is 0 Å². The van der Waals surface area contributed by atoms with Crippen LogP contribution in [0.5, 0.6) is 0 Å². The Morgan fingerprint density at radius 2 is 1.97 bits per heavy atom. The summed E-state index contributed by atoms with van der Waals surface area (Å²) in [6, 6.07) is 11.1. The summed E-state index contributed by atoms with van der Waals surface area (Å²) >= 11 is 10.0. The summed E-state index contributed by atoms with van der Waals surface area (Å²) in [7, 11) is 1.66. The molecule has 200 valence electrons. The second kappa shape index (κ2) is 13.0. The van der Waals surface area contributed by atoms with Gasteiger partial charge in [0.05, 0.1) is 17.8 Å². The van der Waals surface area contributed by atoms with Gasteiger partial charge in [0, 0.05) is 47.5 Å². The molecular formula is C30H34BrClN4O2. The maximum Gasteiger partial charge on any atom is 0.237 e. The maximum absolute atomic E-state index is 13.5. The fourth-order valence-electron chi connectivity index (χ4n) is 5.38. The Kier molecular flexibility index (Phi) is 9.69. The Bertz CT molecular complexity index is 1230. The molecule has 2 heterocycles. The quantitative estimate of drug-likeness (QED) is 0.322. The molecule has 2 unspecified atom stereocenters. The number of benzene rings is 1. The number of likely N-dealkylation sites (N-methyl/N-ethyl adjacent to an activating group) is 1. The smallest absolute Gasteiger partial charge is 0.237 e. The van der Waals surface area contributed by atoms with Crippen LogP contribution in [0.4, 0.5) is 0 Å². The van der Waals surface area contributed by atoms with E-state index in [0.717, 1.165) is 51.7 Å². The molecule has 1 N–H and O–H groups in total. The number of carbonyl (C=O) groups excluding carboxylic acids is 2. The molecule has 3 atom stereocenters. The molecule has 0 fully saturated rings. The minimum absolute atomic E-state index is 0.0962. The second-order valence-electron chi connectivity index (χ2n) is 9.95. The van der Waals surface area contributed by atoms with Crippen LogP contribution in [0.1, 0.15) is 60.7 Å². The minimum atomic E-state index is -0.516. The van der Waals surface area contributed by atoms with Crippen molar-refractivity contribution >= 4 is 39.2 Å². The van der Waals surface area contributed by atoms with E-state index in [4.69, 9.17) is 16.6 Å². The van der Waals surface area contributed by atoms with Crippen molar-refractivity contribution in [2.24, 2.45) is 5.92 Å². The second-order valence-corrected chi connectivity index (χ2v) is 11.3. The SMILES string of the molecule is CCCN(C(C[C@@H](C)C(=O)Cc1cccnc1)C(=O)NC)C1c2ccc(Cl)cc2CCc2cc(Br)cnc21. The van der Waals surface area contributed by atoms with Gasteiger partial charge in [0.1, 0.15) is 5.78 Å². The first kappa shape index (κ1) is 28.4. The van der Waals surface area contributed by atoms with E-state index in [9.17, 15) is 9.59 Å². The van der Waals surface area contributed by atoms with Crippen molar-refractivity contribution < 1.29 is 9.59 Å². The van der Waals surface area contributed by atoms with Gasteiger partial charge in [-0.05, 0) is 94.7 Å². The maximum atomic E-state index is 13.5. The lowest BCUT2D eigenvalue weighted by Crippen LogP contribution is -2.49. The van der Waals surface area contributed by atoms with Gasteiger partial charge in [-0.15, -0.1) is 0 Å². The average Bonchev–Trinajstić information content (AvgIpc) is 3.06. The number of halogens is 2. The average molecular weight is 598 g/mol. The zero-order chi connectivity index (χ0) is 27.2. The van der Waals surface area contributed by atoms with Crippen LogP contribution in [0.3, 0.4) is 0 Å². The third-order valence-electron chi connectivity index (χ3n) is 7.28. The van der Waals surface area contributed by atoms with E-state index in [1.54, 1.807) is 19.4 Å². The van der Waals surface area contributed by atoms with Crippen LogP contribution in [0, 0.1) is 5.92 Å². The fraction of sp³-hybridized carbons (Fsp3) is 0.400. The number of nitrogens with zero attached hydrogens (tertiary/aromatic N) is 3. The van der Waals surface area contributed by atoms with Crippen molar-refractivity contribution in [1.29, 1.82) is 0 Å². The van der Waals surface area contributed by atoms with Gasteiger partial charge in [-0.1, -0.05) is 37.6 Å². The number of pyridine rings is 2. The molecule has 1 aromatic carbocycles. The minimum Gasteiger partial charge on any atom is -0.358 e. The predicted molar refractivity (Wildman–Crippen MR) is 154 cm³/mol. The van der Waals surface area contributed by atoms with Crippen molar-refractivity contribution in [1.82, 2.24) is 20.2 Å². The molecule has 0 radical (unpaired) electrons. The molecule has 8 heteroatoms. The lowest BCUT2D eigenvalue weighted by Gasteiger charge is -2.38. The highest BCUT2D eigenvalue weighted by molar-refractivity contribution is 9.10. The first-order valence-corrected chi connectivity index (χ1v) is 14.3. The molecule has 0 saturated carbocycles. The summed E-state index contributed by atoms with van der Waals surface area (Å²) in [6.45, 7) is 4.70. The number of ketones is 1. The zero-order valence-corrected chi connectivity index (χ0v) is 24.4. The highest BCUT2D eigenvalue weighted by Crippen LogP contribution is 2.39. The summed E-state index contributed by atoms with van der Waals surface area (Å²) in [5.74, 6) is -0.318. The van der Waals surface area contributed by atoms with E-state index in [0.29, 0.717) is 24.4 Å². The number of nitrogens with one attached hydrogen (secondary N) is 1. The van der Waals surface area contributed by atoms with Crippen LogP contribution in [-0.4, -0.2) is 46.2 Å². The van der Waals surface area contributed by atoms with E-state index in [2.05, 4.69) is 50.2 Å². The Morgan fingerprint density at radius 3 is 2.68 bits per heavy atom. The number of Topliss-reactive ketones (excluding diaryl/α,β-unsaturated/α-hetero) is 1. The van der Waals surface area contributed by atoms with Crippen LogP contribution in [0.2, 0.25) is 5.02 Å². The summed E-state index contributed by atoms with van der Waals surface area (Å²) < 4.78 is 0.929. The molecule has 0 aliphatic heterocycles. The molecule has 4 rings (SSSR count). The van der Waals surface area contributed by atoms with Crippen molar-refractivity contribution in [2.45, 2.75) is 58.0 Å². The summed E-state index contributed by atoms with van der Waals surface area (Å²) in [6.07, 6.45) is 8.46. The van der Waals surface area contributed by atoms with Crippen LogP contribution in [-0.2, 0) is 28.9 Å². The van der Waals surface area contributed by atoms with E-state index in [-0.39, 0.29) is 23.7 Å². The molecule has 0 spiro atoms. The Morgan fingerprint density at radius 1 is 1.18 bits per heavy atom. The van der Waals surface area contributed by atoms with Crippen LogP contribution in [0.25, 0.3) is 0 Å². The molecule has 1 aliphatic rings. The molecule has 2 aromatic heterocycles. The molecule has 6 nitrogen and oxygen atoms in total. The number of rotatable bonds is 10. The van der Waals surface area contributed by atoms with Gasteiger partial charge in [-0.3, -0.25) is 24.5 Å². The fourth-order valence-corrected chi connectivity index (χ4v) is 5.95. The molecule has 0 bridgehead atoms. The lowest BCUT2D eigenvalue weighted by atomic mass is 9.89. The first-order chi connectivity index (χ1) is 18.3. The van der Waals surface area contributed by atoms with Crippen molar-refractivity contribution in [3.8, 4) is 0 Å². The van der Waals surface area contributed by atoms with Gasteiger partial charge in [0.15, 0.2) is 0 Å². The third kappa shape index (κ3) is 6.50. The number of aryl methyl sites for hydroxylation is 2. The van der Waals surface area contributed by atoms with Gasteiger partial charge in [0.2, 0.25) is 5.91 Å². The normalized spacial score (nSPS) is 16.2. The van der Waals surface area contributed by atoms with Crippen LogP contribution < -0.4 is 5.32 Å². The van der Waals surface area contributed by atoms with Crippen LogP contribution >= 0.6 is 27.5 Å². The molecule has 38 heavy (non-hydrogen) atoms. The third-order valence-corrected chi connectivity index (χ3v) is 7.95. The molecule has 1 amide bonds. The van der Waals surface area contributed by atoms with Gasteiger partial charge in [-0.2, -0.15) is 0 Å².